The number of hydrogen-bond donors (Lipinski definition) is 1. The average molecular weight is 388 g/mol. The van der Waals surface area contributed by atoms with Crippen molar-refractivity contribution in [2.45, 2.75) is 6.18 Å². The fourth-order valence-electron chi connectivity index (χ4n) is 2.39. The number of hydrogen-bond acceptors (Lipinski definition) is 5. The van der Waals surface area contributed by atoms with Gasteiger partial charge in [0.25, 0.3) is 5.91 Å². The molecular formula is C19H15F3N4O2. The van der Waals surface area contributed by atoms with Crippen molar-refractivity contribution in [3.05, 3.63) is 71.9 Å². The largest absolute Gasteiger partial charge is 0.475 e. The number of nitrogens with one attached hydrogen (secondary N) is 1. The van der Waals surface area contributed by atoms with Gasteiger partial charge in [-0.05, 0) is 30.3 Å². The van der Waals surface area contributed by atoms with Crippen molar-refractivity contribution >= 4 is 5.91 Å². The molecule has 0 aliphatic heterocycles. The van der Waals surface area contributed by atoms with Crippen LogP contribution < -0.4 is 10.1 Å². The van der Waals surface area contributed by atoms with Crippen LogP contribution in [0.5, 0.6) is 5.88 Å². The number of rotatable bonds is 6. The minimum Gasteiger partial charge on any atom is -0.475 e. The molecule has 2 aromatic heterocycles. The van der Waals surface area contributed by atoms with Gasteiger partial charge in [0.05, 0.1) is 23.4 Å². The lowest BCUT2D eigenvalue weighted by Crippen LogP contribution is -2.30. The van der Waals surface area contributed by atoms with Crippen LogP contribution in [0.4, 0.5) is 13.2 Å². The van der Waals surface area contributed by atoms with Gasteiger partial charge in [-0.15, -0.1) is 10.2 Å². The Morgan fingerprint density at radius 1 is 0.964 bits per heavy atom. The molecule has 144 valence electrons. The topological polar surface area (TPSA) is 77.0 Å². The van der Waals surface area contributed by atoms with Gasteiger partial charge in [-0.1, -0.05) is 18.2 Å². The molecule has 3 rings (SSSR count). The molecule has 1 N–H and O–H groups in total. The Bertz CT molecular complexity index is 932. The van der Waals surface area contributed by atoms with Crippen molar-refractivity contribution in [1.29, 1.82) is 0 Å². The molecule has 0 aliphatic rings. The molecule has 0 fully saturated rings. The van der Waals surface area contributed by atoms with Gasteiger partial charge in [0.15, 0.2) is 0 Å². The fourth-order valence-corrected chi connectivity index (χ4v) is 2.39. The number of amides is 1. The number of alkyl halides is 3. The minimum atomic E-state index is -4.60. The van der Waals surface area contributed by atoms with Crippen molar-refractivity contribution in [2.24, 2.45) is 0 Å². The predicted octanol–water partition coefficient (Wildman–Crippen LogP) is 3.37. The normalized spacial score (nSPS) is 11.1. The molecule has 0 saturated heterocycles. The molecule has 0 saturated carbocycles. The molecule has 1 amide bonds. The number of ether oxygens (including phenoxy) is 1. The van der Waals surface area contributed by atoms with Crippen molar-refractivity contribution in [1.82, 2.24) is 20.5 Å². The Morgan fingerprint density at radius 3 is 2.43 bits per heavy atom. The quantitative estimate of drug-likeness (QED) is 0.656. The first-order valence-corrected chi connectivity index (χ1v) is 8.27. The highest BCUT2D eigenvalue weighted by Gasteiger charge is 2.34. The SMILES string of the molecule is O=C(NCCOc1ccc(-c2ccccn2)nn1)c1ccccc1C(F)(F)F. The summed E-state index contributed by atoms with van der Waals surface area (Å²) < 4.78 is 44.2. The second kappa shape index (κ2) is 8.47. The van der Waals surface area contributed by atoms with E-state index in [2.05, 4.69) is 20.5 Å². The molecule has 6 nitrogen and oxygen atoms in total. The third kappa shape index (κ3) is 4.81. The number of nitrogens with zero attached hydrogens (tertiary/aromatic N) is 3. The van der Waals surface area contributed by atoms with Crippen LogP contribution >= 0.6 is 0 Å². The summed E-state index contributed by atoms with van der Waals surface area (Å²) >= 11 is 0. The summed E-state index contributed by atoms with van der Waals surface area (Å²) in [5.74, 6) is -0.599. The third-order valence-corrected chi connectivity index (χ3v) is 3.68. The summed E-state index contributed by atoms with van der Waals surface area (Å²) in [6, 6.07) is 13.3. The molecule has 0 radical (unpaired) electrons. The fraction of sp³-hybridized carbons (Fsp3) is 0.158. The van der Waals surface area contributed by atoms with Gasteiger partial charge < -0.3 is 10.1 Å². The summed E-state index contributed by atoms with van der Waals surface area (Å²) in [5.41, 5.74) is -0.180. The van der Waals surface area contributed by atoms with E-state index in [1.54, 1.807) is 30.5 Å². The van der Waals surface area contributed by atoms with Crippen LogP contribution in [0.3, 0.4) is 0 Å². The summed E-state index contributed by atoms with van der Waals surface area (Å²) in [6.45, 7) is 0.0340. The van der Waals surface area contributed by atoms with Gasteiger partial charge in [-0.2, -0.15) is 13.2 Å². The molecule has 0 bridgehead atoms. The molecule has 9 heteroatoms. The Labute approximate surface area is 158 Å². The average Bonchev–Trinajstić information content (AvgIpc) is 2.71. The summed E-state index contributed by atoms with van der Waals surface area (Å²) in [4.78, 5) is 16.2. The third-order valence-electron chi connectivity index (χ3n) is 3.68. The lowest BCUT2D eigenvalue weighted by Gasteiger charge is -2.12. The van der Waals surface area contributed by atoms with Crippen LogP contribution in [0.2, 0.25) is 0 Å². The zero-order valence-corrected chi connectivity index (χ0v) is 14.5. The van der Waals surface area contributed by atoms with E-state index in [-0.39, 0.29) is 19.0 Å². The van der Waals surface area contributed by atoms with E-state index in [1.807, 2.05) is 6.07 Å². The van der Waals surface area contributed by atoms with Crippen molar-refractivity contribution in [3.8, 4) is 17.3 Å². The van der Waals surface area contributed by atoms with E-state index in [0.717, 1.165) is 12.1 Å². The molecule has 0 unspecified atom stereocenters. The van der Waals surface area contributed by atoms with Crippen LogP contribution in [-0.2, 0) is 6.18 Å². The molecule has 0 aliphatic carbocycles. The van der Waals surface area contributed by atoms with E-state index in [1.165, 1.54) is 12.1 Å². The maximum atomic E-state index is 12.9. The highest BCUT2D eigenvalue weighted by atomic mass is 19.4. The number of carbonyl (C=O) groups is 1. The standard InChI is InChI=1S/C19H15F3N4O2/c20-19(21,22)14-6-2-1-5-13(14)18(27)24-11-12-28-17-9-8-16(25-26-17)15-7-3-4-10-23-15/h1-10H,11-12H2,(H,24,27). The number of carbonyl (C=O) groups excluding carboxylic acids is 1. The van der Waals surface area contributed by atoms with Crippen LogP contribution in [0, 0.1) is 0 Å². The highest BCUT2D eigenvalue weighted by Crippen LogP contribution is 2.31. The van der Waals surface area contributed by atoms with Gasteiger partial charge >= 0.3 is 6.18 Å². The maximum Gasteiger partial charge on any atom is 0.417 e. The van der Waals surface area contributed by atoms with Crippen LogP contribution in [0.1, 0.15) is 15.9 Å². The van der Waals surface area contributed by atoms with Gasteiger partial charge in [-0.3, -0.25) is 9.78 Å². The zero-order valence-electron chi connectivity index (χ0n) is 14.5. The molecule has 0 atom stereocenters. The van der Waals surface area contributed by atoms with Crippen LogP contribution in [-0.4, -0.2) is 34.2 Å². The van der Waals surface area contributed by atoms with Crippen LogP contribution in [0.15, 0.2) is 60.8 Å². The molecule has 2 heterocycles. The first kappa shape index (κ1) is 19.3. The molecular weight excluding hydrogens is 373 g/mol. The molecule has 1 aromatic carbocycles. The molecule has 0 spiro atoms. The lowest BCUT2D eigenvalue weighted by molar-refractivity contribution is -0.137. The van der Waals surface area contributed by atoms with Crippen molar-refractivity contribution < 1.29 is 22.7 Å². The Morgan fingerprint density at radius 2 is 1.75 bits per heavy atom. The second-order valence-corrected chi connectivity index (χ2v) is 5.62. The Balaban J connectivity index is 1.52. The molecule has 3 aromatic rings. The van der Waals surface area contributed by atoms with Gasteiger partial charge in [0, 0.05) is 12.3 Å². The number of aromatic nitrogens is 3. The van der Waals surface area contributed by atoms with Crippen molar-refractivity contribution in [3.63, 3.8) is 0 Å². The van der Waals surface area contributed by atoms with Crippen LogP contribution in [0.25, 0.3) is 11.4 Å². The van der Waals surface area contributed by atoms with Crippen molar-refractivity contribution in [2.75, 3.05) is 13.2 Å². The monoisotopic (exact) mass is 388 g/mol. The maximum absolute atomic E-state index is 12.9. The first-order valence-electron chi connectivity index (χ1n) is 8.27. The minimum absolute atomic E-state index is 0.00863. The number of benzene rings is 1. The van der Waals surface area contributed by atoms with E-state index < -0.39 is 23.2 Å². The number of pyridine rings is 1. The highest BCUT2D eigenvalue weighted by molar-refractivity contribution is 5.95. The van der Waals surface area contributed by atoms with E-state index in [4.69, 9.17) is 4.74 Å². The Hall–Kier alpha value is -3.49. The second-order valence-electron chi connectivity index (χ2n) is 5.62. The lowest BCUT2D eigenvalue weighted by atomic mass is 10.1. The number of halogens is 3. The van der Waals surface area contributed by atoms with E-state index in [9.17, 15) is 18.0 Å². The predicted molar refractivity (Wildman–Crippen MR) is 94.5 cm³/mol. The van der Waals surface area contributed by atoms with Gasteiger partial charge in [0.2, 0.25) is 5.88 Å². The zero-order chi connectivity index (χ0) is 20.0. The first-order chi connectivity index (χ1) is 13.4. The molecule has 28 heavy (non-hydrogen) atoms. The smallest absolute Gasteiger partial charge is 0.417 e. The summed E-state index contributed by atoms with van der Waals surface area (Å²) in [5, 5.41) is 10.3. The van der Waals surface area contributed by atoms with Gasteiger partial charge in [-0.25, -0.2) is 0 Å². The summed E-state index contributed by atoms with van der Waals surface area (Å²) in [7, 11) is 0. The van der Waals surface area contributed by atoms with E-state index >= 15 is 0 Å². The Kier molecular flexibility index (Phi) is 5.83. The summed E-state index contributed by atoms with van der Waals surface area (Å²) in [6.07, 6.45) is -2.96. The van der Waals surface area contributed by atoms with E-state index in [0.29, 0.717) is 11.4 Å². The van der Waals surface area contributed by atoms with Gasteiger partial charge in [0.1, 0.15) is 12.3 Å².